The summed E-state index contributed by atoms with van der Waals surface area (Å²) in [4.78, 5) is 13.6. The predicted octanol–water partition coefficient (Wildman–Crippen LogP) is 3.15. The number of aromatic nitrogens is 1. The number of ether oxygens (including phenoxy) is 2. The van der Waals surface area contributed by atoms with Crippen LogP contribution in [0.3, 0.4) is 0 Å². The number of rotatable bonds is 4. The molecule has 2 rings (SSSR count). The van der Waals surface area contributed by atoms with Crippen molar-refractivity contribution in [2.45, 2.75) is 6.42 Å². The molecule has 1 aromatic carbocycles. The number of benzene rings is 1. The largest absolute Gasteiger partial charge is 0.469 e. The molecule has 116 valence electrons. The van der Waals surface area contributed by atoms with Gasteiger partial charge in [-0.1, -0.05) is 12.1 Å². The average Bonchev–Trinajstić information content (AvgIpc) is 2.50. The first-order chi connectivity index (χ1) is 10.4. The summed E-state index contributed by atoms with van der Waals surface area (Å²) in [6, 6.07) is 5.57. The summed E-state index contributed by atoms with van der Waals surface area (Å²) >= 11 is 0. The summed E-state index contributed by atoms with van der Waals surface area (Å²) in [6.45, 7) is 0. The second-order valence-corrected chi connectivity index (χ2v) is 4.15. The van der Waals surface area contributed by atoms with E-state index in [0.717, 1.165) is 0 Å². The van der Waals surface area contributed by atoms with E-state index >= 15 is 0 Å². The van der Waals surface area contributed by atoms with Crippen molar-refractivity contribution in [3.05, 3.63) is 53.4 Å². The lowest BCUT2D eigenvalue weighted by Gasteiger charge is -2.09. The van der Waals surface area contributed by atoms with Gasteiger partial charge in [0.15, 0.2) is 0 Å². The van der Waals surface area contributed by atoms with Crippen LogP contribution in [-0.2, 0) is 16.0 Å². The van der Waals surface area contributed by atoms with Gasteiger partial charge in [-0.25, -0.2) is 0 Å². The highest BCUT2D eigenvalue weighted by Crippen LogP contribution is 2.30. The maximum absolute atomic E-state index is 13.5. The van der Waals surface area contributed by atoms with Gasteiger partial charge in [0.2, 0.25) is 17.4 Å². The van der Waals surface area contributed by atoms with E-state index in [1.54, 1.807) is 6.07 Å². The Labute approximate surface area is 122 Å². The molecule has 0 amide bonds. The number of nitrogens with zero attached hydrogens (tertiary/aromatic N) is 1. The van der Waals surface area contributed by atoms with Gasteiger partial charge in [0, 0.05) is 0 Å². The van der Waals surface area contributed by atoms with Gasteiger partial charge in [0.25, 0.3) is 11.9 Å². The summed E-state index contributed by atoms with van der Waals surface area (Å²) in [5.74, 6) is -9.03. The van der Waals surface area contributed by atoms with Gasteiger partial charge in [-0.05, 0) is 17.7 Å². The Balaban J connectivity index is 2.32. The minimum Gasteiger partial charge on any atom is -0.469 e. The first-order valence-electron chi connectivity index (χ1n) is 5.96. The molecule has 0 saturated carbocycles. The molecule has 1 heterocycles. The summed E-state index contributed by atoms with van der Waals surface area (Å²) in [6.07, 6.45) is -0.0995. The third kappa shape index (κ3) is 3.33. The fourth-order valence-electron chi connectivity index (χ4n) is 1.63. The van der Waals surface area contributed by atoms with E-state index < -0.39 is 35.2 Å². The van der Waals surface area contributed by atoms with Crippen molar-refractivity contribution in [3.8, 4) is 11.5 Å². The first-order valence-corrected chi connectivity index (χ1v) is 5.96. The molecule has 4 nitrogen and oxygen atoms in total. The van der Waals surface area contributed by atoms with E-state index in [-0.39, 0.29) is 12.2 Å². The molecule has 1 aromatic heterocycles. The maximum Gasteiger partial charge on any atom is 0.309 e. The molecule has 0 aliphatic rings. The Morgan fingerprint density at radius 2 is 1.77 bits per heavy atom. The van der Waals surface area contributed by atoms with Crippen LogP contribution in [0, 0.1) is 23.5 Å². The van der Waals surface area contributed by atoms with Gasteiger partial charge < -0.3 is 9.47 Å². The Hall–Kier alpha value is -2.64. The third-order valence-corrected chi connectivity index (χ3v) is 2.65. The molecule has 8 heteroatoms. The molecule has 0 spiro atoms. The van der Waals surface area contributed by atoms with Crippen LogP contribution in [0.25, 0.3) is 0 Å². The molecule has 0 aliphatic carbocycles. The summed E-state index contributed by atoms with van der Waals surface area (Å²) in [7, 11) is 1.20. The Bertz CT molecular complexity index is 695. The average molecular weight is 315 g/mol. The zero-order valence-corrected chi connectivity index (χ0v) is 11.2. The molecule has 0 N–H and O–H groups in total. The van der Waals surface area contributed by atoms with Gasteiger partial charge >= 0.3 is 5.97 Å². The number of methoxy groups -OCH3 is 1. The summed E-state index contributed by atoms with van der Waals surface area (Å²) < 4.78 is 62.2. The number of halogens is 4. The van der Waals surface area contributed by atoms with Crippen LogP contribution in [0.4, 0.5) is 17.6 Å². The van der Waals surface area contributed by atoms with E-state index in [0.29, 0.717) is 5.56 Å². The fraction of sp³-hybridized carbons (Fsp3) is 0.143. The van der Waals surface area contributed by atoms with E-state index in [4.69, 9.17) is 4.74 Å². The molecule has 22 heavy (non-hydrogen) atoms. The van der Waals surface area contributed by atoms with E-state index in [1.165, 1.54) is 25.3 Å². The normalized spacial score (nSPS) is 10.4. The van der Waals surface area contributed by atoms with E-state index in [1.807, 2.05) is 0 Å². The Morgan fingerprint density at radius 1 is 1.14 bits per heavy atom. The zero-order valence-electron chi connectivity index (χ0n) is 11.2. The topological polar surface area (TPSA) is 48.4 Å². The van der Waals surface area contributed by atoms with Crippen LogP contribution in [0.1, 0.15) is 5.56 Å². The molecule has 0 unspecified atom stereocenters. The number of esters is 1. The lowest BCUT2D eigenvalue weighted by molar-refractivity contribution is -0.139. The van der Waals surface area contributed by atoms with Gasteiger partial charge in [0.05, 0.1) is 13.5 Å². The smallest absolute Gasteiger partial charge is 0.309 e. The minimum atomic E-state index is -1.82. The van der Waals surface area contributed by atoms with Crippen LogP contribution in [0.5, 0.6) is 11.5 Å². The number of carbonyl (C=O) groups excluding carboxylic acids is 1. The van der Waals surface area contributed by atoms with Crippen LogP contribution in [0.2, 0.25) is 0 Å². The molecule has 0 radical (unpaired) electrons. The zero-order chi connectivity index (χ0) is 16.3. The van der Waals surface area contributed by atoms with Crippen LogP contribution in [-0.4, -0.2) is 18.1 Å². The van der Waals surface area contributed by atoms with Crippen LogP contribution in [0.15, 0.2) is 24.3 Å². The van der Waals surface area contributed by atoms with Crippen molar-refractivity contribution in [2.24, 2.45) is 0 Å². The van der Waals surface area contributed by atoms with Gasteiger partial charge in [-0.15, -0.1) is 0 Å². The van der Waals surface area contributed by atoms with Gasteiger partial charge in [0.1, 0.15) is 5.75 Å². The summed E-state index contributed by atoms with van der Waals surface area (Å²) in [5, 5.41) is 0. The van der Waals surface area contributed by atoms with Crippen LogP contribution >= 0.6 is 0 Å². The molecule has 0 atom stereocenters. The predicted molar refractivity (Wildman–Crippen MR) is 66.3 cm³/mol. The highest BCUT2D eigenvalue weighted by atomic mass is 19.2. The van der Waals surface area contributed by atoms with Crippen LogP contribution < -0.4 is 4.74 Å². The van der Waals surface area contributed by atoms with Gasteiger partial charge in [-0.3, -0.25) is 4.79 Å². The number of hydrogen-bond acceptors (Lipinski definition) is 4. The molecular formula is C14H9F4NO3. The minimum absolute atomic E-state index is 0.0995. The Morgan fingerprint density at radius 3 is 2.36 bits per heavy atom. The van der Waals surface area contributed by atoms with Crippen molar-refractivity contribution in [1.82, 2.24) is 4.98 Å². The van der Waals surface area contributed by atoms with Crippen molar-refractivity contribution in [3.63, 3.8) is 0 Å². The molecule has 0 saturated heterocycles. The lowest BCUT2D eigenvalue weighted by Crippen LogP contribution is -2.05. The van der Waals surface area contributed by atoms with Gasteiger partial charge in [-0.2, -0.15) is 22.5 Å². The molecule has 2 aromatic rings. The monoisotopic (exact) mass is 315 g/mol. The maximum atomic E-state index is 13.5. The quantitative estimate of drug-likeness (QED) is 0.494. The highest BCUT2D eigenvalue weighted by Gasteiger charge is 2.23. The SMILES string of the molecule is COC(=O)Cc1cccc(Oc2c(F)c(F)nc(F)c2F)c1. The third-order valence-electron chi connectivity index (χ3n) is 2.65. The number of carbonyl (C=O) groups is 1. The molecule has 0 fully saturated rings. The first kappa shape index (κ1) is 15.7. The lowest BCUT2D eigenvalue weighted by atomic mass is 10.1. The van der Waals surface area contributed by atoms with Crippen molar-refractivity contribution < 1.29 is 31.8 Å². The fourth-order valence-corrected chi connectivity index (χ4v) is 1.63. The molecule has 0 bridgehead atoms. The second-order valence-electron chi connectivity index (χ2n) is 4.15. The van der Waals surface area contributed by atoms with E-state index in [9.17, 15) is 22.4 Å². The summed E-state index contributed by atoms with van der Waals surface area (Å²) in [5.41, 5.74) is 0.431. The van der Waals surface area contributed by atoms with Crippen molar-refractivity contribution in [2.75, 3.05) is 7.11 Å². The van der Waals surface area contributed by atoms with Crippen molar-refractivity contribution >= 4 is 5.97 Å². The number of pyridine rings is 1. The standard InChI is InChI=1S/C14H9F4NO3/c1-21-9(20)6-7-3-2-4-8(5-7)22-12-10(15)13(17)19-14(18)11(12)16/h2-5H,6H2,1H3. The highest BCUT2D eigenvalue weighted by molar-refractivity contribution is 5.72. The molecular weight excluding hydrogens is 306 g/mol. The molecule has 0 aliphatic heterocycles. The number of hydrogen-bond donors (Lipinski definition) is 0. The van der Waals surface area contributed by atoms with E-state index in [2.05, 4.69) is 9.72 Å². The Kier molecular flexibility index (Phi) is 4.59. The van der Waals surface area contributed by atoms with Crippen molar-refractivity contribution in [1.29, 1.82) is 0 Å². The second kappa shape index (κ2) is 6.42.